The van der Waals surface area contributed by atoms with E-state index in [-0.39, 0.29) is 0 Å². The molecule has 0 bridgehead atoms. The van der Waals surface area contributed by atoms with E-state index in [1.54, 1.807) is 5.38 Å². The van der Waals surface area contributed by atoms with E-state index in [4.69, 9.17) is 5.11 Å². The number of hydrogen-bond donors (Lipinski definition) is 2. The minimum Gasteiger partial charge on any atom is -0.477 e. The van der Waals surface area contributed by atoms with Gasteiger partial charge in [-0.2, -0.15) is 0 Å². The van der Waals surface area contributed by atoms with Crippen molar-refractivity contribution in [1.82, 2.24) is 5.32 Å². The van der Waals surface area contributed by atoms with E-state index >= 15 is 0 Å². The van der Waals surface area contributed by atoms with Crippen molar-refractivity contribution >= 4 is 17.3 Å². The molecule has 0 saturated heterocycles. The van der Waals surface area contributed by atoms with Crippen LogP contribution in [0.1, 0.15) is 22.2 Å². The van der Waals surface area contributed by atoms with Crippen LogP contribution < -0.4 is 5.32 Å². The highest BCUT2D eigenvalue weighted by Crippen LogP contribution is 2.16. The fourth-order valence-corrected chi connectivity index (χ4v) is 1.68. The maximum absolute atomic E-state index is 10.6. The van der Waals surface area contributed by atoms with Gasteiger partial charge in [0.15, 0.2) is 0 Å². The minimum atomic E-state index is -0.835. The zero-order chi connectivity index (χ0) is 8.97. The Bertz CT molecular complexity index is 270. The molecule has 1 aromatic rings. The first-order valence-electron chi connectivity index (χ1n) is 3.76. The summed E-state index contributed by atoms with van der Waals surface area (Å²) in [6, 6.07) is 1.84. The Morgan fingerprint density at radius 3 is 3.08 bits per heavy atom. The minimum absolute atomic E-state index is 0.441. The molecule has 0 aliphatic carbocycles. The molecule has 0 saturated carbocycles. The summed E-state index contributed by atoms with van der Waals surface area (Å²) in [4.78, 5) is 11.1. The van der Waals surface area contributed by atoms with E-state index in [1.807, 2.05) is 13.0 Å². The Hall–Kier alpha value is -0.870. The van der Waals surface area contributed by atoms with Crippen molar-refractivity contribution in [3.05, 3.63) is 21.9 Å². The summed E-state index contributed by atoms with van der Waals surface area (Å²) in [5.41, 5.74) is 0.870. The topological polar surface area (TPSA) is 49.3 Å². The van der Waals surface area contributed by atoms with Gasteiger partial charge in [0.2, 0.25) is 0 Å². The fraction of sp³-hybridized carbons (Fsp3) is 0.375. The van der Waals surface area contributed by atoms with Gasteiger partial charge in [0.25, 0.3) is 0 Å². The van der Waals surface area contributed by atoms with Crippen LogP contribution in [-0.4, -0.2) is 17.6 Å². The number of carboxylic acid groups (broad SMARTS) is 1. The Balaban J connectivity index is 2.70. The van der Waals surface area contributed by atoms with Crippen LogP contribution in [0.4, 0.5) is 0 Å². The number of rotatable bonds is 4. The van der Waals surface area contributed by atoms with Crippen LogP contribution in [-0.2, 0) is 6.54 Å². The summed E-state index contributed by atoms with van der Waals surface area (Å²) in [5.74, 6) is -0.835. The summed E-state index contributed by atoms with van der Waals surface area (Å²) in [6.45, 7) is 3.49. The van der Waals surface area contributed by atoms with E-state index in [9.17, 15) is 4.79 Å². The molecule has 0 amide bonds. The Kier molecular flexibility index (Phi) is 3.25. The van der Waals surface area contributed by atoms with Gasteiger partial charge >= 0.3 is 5.97 Å². The molecular formula is C8H11NO2S. The van der Waals surface area contributed by atoms with E-state index < -0.39 is 5.97 Å². The van der Waals surface area contributed by atoms with Crippen LogP contribution in [0, 0.1) is 0 Å². The van der Waals surface area contributed by atoms with Crippen molar-refractivity contribution in [2.24, 2.45) is 0 Å². The number of thiophene rings is 1. The monoisotopic (exact) mass is 185 g/mol. The quantitative estimate of drug-likeness (QED) is 0.748. The number of hydrogen-bond acceptors (Lipinski definition) is 3. The average molecular weight is 185 g/mol. The molecule has 0 aliphatic heterocycles. The summed E-state index contributed by atoms with van der Waals surface area (Å²) in [5, 5.41) is 13.6. The van der Waals surface area contributed by atoms with Crippen molar-refractivity contribution in [3.8, 4) is 0 Å². The molecule has 1 heterocycles. The molecule has 12 heavy (non-hydrogen) atoms. The fourth-order valence-electron chi connectivity index (χ4n) is 0.922. The lowest BCUT2D eigenvalue weighted by Crippen LogP contribution is -2.13. The average Bonchev–Trinajstić information content (AvgIpc) is 2.48. The molecule has 0 fully saturated rings. The third kappa shape index (κ3) is 2.06. The summed E-state index contributed by atoms with van der Waals surface area (Å²) < 4.78 is 0. The molecule has 0 atom stereocenters. The van der Waals surface area contributed by atoms with Gasteiger partial charge in [-0.3, -0.25) is 0 Å². The van der Waals surface area contributed by atoms with Gasteiger partial charge in [-0.1, -0.05) is 6.92 Å². The summed E-state index contributed by atoms with van der Waals surface area (Å²) in [7, 11) is 0. The van der Waals surface area contributed by atoms with Crippen LogP contribution in [0.3, 0.4) is 0 Å². The largest absolute Gasteiger partial charge is 0.477 e. The van der Waals surface area contributed by atoms with Crippen molar-refractivity contribution in [3.63, 3.8) is 0 Å². The van der Waals surface area contributed by atoms with Gasteiger partial charge < -0.3 is 10.4 Å². The molecule has 2 N–H and O–H groups in total. The smallest absolute Gasteiger partial charge is 0.346 e. The first-order valence-corrected chi connectivity index (χ1v) is 4.64. The van der Waals surface area contributed by atoms with Crippen molar-refractivity contribution in [1.29, 1.82) is 0 Å². The molecule has 0 spiro atoms. The second-order valence-corrected chi connectivity index (χ2v) is 3.28. The maximum Gasteiger partial charge on any atom is 0.346 e. The lowest BCUT2D eigenvalue weighted by molar-refractivity contribution is 0.0701. The van der Waals surface area contributed by atoms with Crippen LogP contribution in [0.2, 0.25) is 0 Å². The van der Waals surface area contributed by atoms with Crippen LogP contribution in [0.15, 0.2) is 11.4 Å². The summed E-state index contributed by atoms with van der Waals surface area (Å²) >= 11 is 1.27. The maximum atomic E-state index is 10.6. The molecule has 1 rings (SSSR count). The normalized spacial score (nSPS) is 10.1. The molecule has 0 unspecified atom stereocenters. The van der Waals surface area contributed by atoms with Crippen LogP contribution in [0.5, 0.6) is 0 Å². The second kappa shape index (κ2) is 4.23. The standard InChI is InChI=1S/C8H11NO2S/c1-2-9-5-6-3-4-12-7(6)8(10)11/h3-4,9H,2,5H2,1H3,(H,10,11). The zero-order valence-corrected chi connectivity index (χ0v) is 7.65. The molecular weight excluding hydrogens is 174 g/mol. The van der Waals surface area contributed by atoms with Crippen LogP contribution in [0.25, 0.3) is 0 Å². The molecule has 0 radical (unpaired) electrons. The van der Waals surface area contributed by atoms with Gasteiger partial charge in [-0.25, -0.2) is 4.79 Å². The van der Waals surface area contributed by atoms with E-state index in [1.165, 1.54) is 11.3 Å². The number of carbonyl (C=O) groups is 1. The molecule has 66 valence electrons. The Labute approximate surface area is 75.0 Å². The highest BCUT2D eigenvalue weighted by atomic mass is 32.1. The van der Waals surface area contributed by atoms with E-state index in [2.05, 4.69) is 5.32 Å². The third-order valence-corrected chi connectivity index (χ3v) is 2.45. The highest BCUT2D eigenvalue weighted by Gasteiger charge is 2.09. The van der Waals surface area contributed by atoms with Gasteiger partial charge in [-0.15, -0.1) is 11.3 Å². The SMILES string of the molecule is CCNCc1ccsc1C(=O)O. The van der Waals surface area contributed by atoms with Crippen molar-refractivity contribution in [2.75, 3.05) is 6.54 Å². The first-order chi connectivity index (χ1) is 5.75. The third-order valence-electron chi connectivity index (χ3n) is 1.51. The molecule has 3 nitrogen and oxygen atoms in total. The predicted octanol–water partition coefficient (Wildman–Crippen LogP) is 1.56. The number of aromatic carboxylic acids is 1. The molecule has 1 aromatic heterocycles. The predicted molar refractivity (Wildman–Crippen MR) is 48.7 cm³/mol. The van der Waals surface area contributed by atoms with E-state index in [0.29, 0.717) is 11.4 Å². The van der Waals surface area contributed by atoms with Crippen molar-refractivity contribution < 1.29 is 9.90 Å². The van der Waals surface area contributed by atoms with Crippen molar-refractivity contribution in [2.45, 2.75) is 13.5 Å². The molecule has 0 aliphatic rings. The number of nitrogens with one attached hydrogen (secondary N) is 1. The Morgan fingerprint density at radius 1 is 1.75 bits per heavy atom. The zero-order valence-electron chi connectivity index (χ0n) is 6.83. The second-order valence-electron chi connectivity index (χ2n) is 2.36. The lowest BCUT2D eigenvalue weighted by Gasteiger charge is -1.99. The molecule has 0 aromatic carbocycles. The first kappa shape index (κ1) is 9.22. The van der Waals surface area contributed by atoms with Crippen LogP contribution >= 0.6 is 11.3 Å². The molecule has 4 heteroatoms. The van der Waals surface area contributed by atoms with Gasteiger partial charge in [0, 0.05) is 6.54 Å². The Morgan fingerprint density at radius 2 is 2.50 bits per heavy atom. The highest BCUT2D eigenvalue weighted by molar-refractivity contribution is 7.12. The van der Waals surface area contributed by atoms with Gasteiger partial charge in [0.05, 0.1) is 0 Å². The van der Waals surface area contributed by atoms with E-state index in [0.717, 1.165) is 12.1 Å². The lowest BCUT2D eigenvalue weighted by atomic mass is 10.2. The van der Waals surface area contributed by atoms with Gasteiger partial charge in [0.1, 0.15) is 4.88 Å². The summed E-state index contributed by atoms with van der Waals surface area (Å²) in [6.07, 6.45) is 0. The number of carboxylic acids is 1. The van der Waals surface area contributed by atoms with Gasteiger partial charge in [-0.05, 0) is 23.6 Å².